The fraction of sp³-hybridized carbons (Fsp3) is 0.455. The maximum atomic E-state index is 14.5. The number of hydrogen-bond acceptors (Lipinski definition) is 10. The number of thiazole rings is 1. The summed E-state index contributed by atoms with van der Waals surface area (Å²) in [4.78, 5) is 67.0. The van der Waals surface area contributed by atoms with Crippen molar-refractivity contribution in [3.8, 4) is 11.3 Å². The number of nitrogens with zero attached hydrogens (tertiary/aromatic N) is 5. The molecule has 4 aromatic rings. The van der Waals surface area contributed by atoms with Gasteiger partial charge in [-0.25, -0.2) is 19.6 Å². The van der Waals surface area contributed by atoms with Crippen molar-refractivity contribution in [2.45, 2.75) is 91.7 Å². The standard InChI is InChI=1S/C44H58N8O6S/c1-8-29(2)38(52-23-22-50(43(52)57)26-34-28-59-30(3)46-34)40(54)47-36(24-31-14-10-9-11-15-31)37(53)27-51(49-41(55)39(44(4,5)6)48-42(56)58-7)25-32-17-19-33(20-18-32)35-16-12-13-21-45-35/h9-21,28-29,36-39,53H,8,22-27H2,1-7H3,(H,47,54)(H,48,56)(H,49,55)/t29-,36-,37-,38-,39+/m0/s1. The third kappa shape index (κ3) is 12.3. The van der Waals surface area contributed by atoms with Crippen LogP contribution in [0.5, 0.6) is 0 Å². The van der Waals surface area contributed by atoms with Crippen molar-refractivity contribution in [3.05, 3.63) is 106 Å². The predicted molar refractivity (Wildman–Crippen MR) is 228 cm³/mol. The van der Waals surface area contributed by atoms with Crippen LogP contribution in [0.1, 0.15) is 62.9 Å². The van der Waals surface area contributed by atoms with Crippen LogP contribution in [0.25, 0.3) is 11.3 Å². The molecular formula is C44H58N8O6S. The molecule has 0 spiro atoms. The third-order valence-electron chi connectivity index (χ3n) is 10.6. The van der Waals surface area contributed by atoms with Crippen LogP contribution < -0.4 is 16.1 Å². The maximum Gasteiger partial charge on any atom is 0.407 e. The average Bonchev–Trinajstić information content (AvgIpc) is 3.80. The first kappa shape index (κ1) is 44.7. The van der Waals surface area contributed by atoms with Crippen LogP contribution in [0, 0.1) is 18.3 Å². The normalized spacial score (nSPS) is 15.6. The quantitative estimate of drug-likeness (QED) is 0.0940. The molecule has 0 unspecified atom stereocenters. The van der Waals surface area contributed by atoms with E-state index in [2.05, 4.69) is 26.0 Å². The molecule has 2 aromatic carbocycles. The molecular weight excluding hydrogens is 769 g/mol. The van der Waals surface area contributed by atoms with E-state index in [-0.39, 0.29) is 37.4 Å². The van der Waals surface area contributed by atoms with Crippen LogP contribution in [0.4, 0.5) is 9.59 Å². The van der Waals surface area contributed by atoms with Crippen LogP contribution in [0.15, 0.2) is 84.4 Å². The molecule has 0 aliphatic carbocycles. The molecule has 15 heteroatoms. The SMILES string of the molecule is CC[C@H](C)[C@@H](C(=O)N[C@@H](Cc1ccccc1)[C@@H](O)CN(Cc1ccc(-c2ccccn2)cc1)NC(=O)[C@@H](NC(=O)OC)C(C)(C)C)N1CCN(Cc2csc(C)n2)C1=O. The molecule has 3 heterocycles. The van der Waals surface area contributed by atoms with Gasteiger partial charge in [-0.05, 0) is 47.9 Å². The Morgan fingerprint density at radius 2 is 1.68 bits per heavy atom. The Hall–Kier alpha value is -5.38. The molecule has 5 amide bonds. The number of methoxy groups -OCH3 is 1. The lowest BCUT2D eigenvalue weighted by molar-refractivity contribution is -0.132. The Kier molecular flexibility index (Phi) is 15.6. The molecule has 5 atom stereocenters. The highest BCUT2D eigenvalue weighted by Gasteiger charge is 2.41. The molecule has 14 nitrogen and oxygen atoms in total. The highest BCUT2D eigenvalue weighted by Crippen LogP contribution is 2.25. The summed E-state index contributed by atoms with van der Waals surface area (Å²) < 4.78 is 4.83. The minimum Gasteiger partial charge on any atom is -0.453 e. The van der Waals surface area contributed by atoms with E-state index in [0.717, 1.165) is 33.1 Å². The Morgan fingerprint density at radius 3 is 2.29 bits per heavy atom. The van der Waals surface area contributed by atoms with Gasteiger partial charge in [-0.1, -0.05) is 102 Å². The lowest BCUT2D eigenvalue weighted by atomic mass is 9.86. The van der Waals surface area contributed by atoms with Gasteiger partial charge in [-0.2, -0.15) is 0 Å². The van der Waals surface area contributed by atoms with Crippen molar-refractivity contribution in [1.82, 2.24) is 40.8 Å². The molecule has 0 saturated carbocycles. The number of amides is 5. The zero-order valence-electron chi connectivity index (χ0n) is 35.1. The summed E-state index contributed by atoms with van der Waals surface area (Å²) in [5.41, 5.74) is 6.51. The van der Waals surface area contributed by atoms with Crippen LogP contribution in [0.3, 0.4) is 0 Å². The van der Waals surface area contributed by atoms with Gasteiger partial charge in [0.2, 0.25) is 5.91 Å². The minimum atomic E-state index is -1.20. The Bertz CT molecular complexity index is 1990. The molecule has 2 aromatic heterocycles. The highest BCUT2D eigenvalue weighted by atomic mass is 32.1. The van der Waals surface area contributed by atoms with E-state index in [1.807, 2.05) is 120 Å². The first-order valence-corrected chi connectivity index (χ1v) is 20.9. The monoisotopic (exact) mass is 826 g/mol. The van der Waals surface area contributed by atoms with Crippen LogP contribution in [0.2, 0.25) is 0 Å². The fourth-order valence-electron chi connectivity index (χ4n) is 7.14. The van der Waals surface area contributed by atoms with Crippen molar-refractivity contribution in [2.24, 2.45) is 11.3 Å². The first-order chi connectivity index (χ1) is 28.2. The van der Waals surface area contributed by atoms with E-state index < -0.39 is 41.6 Å². The summed E-state index contributed by atoms with van der Waals surface area (Å²) >= 11 is 1.53. The Labute approximate surface area is 351 Å². The van der Waals surface area contributed by atoms with E-state index in [9.17, 15) is 24.3 Å². The number of benzene rings is 2. The lowest BCUT2D eigenvalue weighted by Gasteiger charge is -2.36. The van der Waals surface area contributed by atoms with Crippen molar-refractivity contribution in [1.29, 1.82) is 0 Å². The zero-order chi connectivity index (χ0) is 42.7. The molecule has 1 aliphatic heterocycles. The van der Waals surface area contributed by atoms with Gasteiger partial charge in [-0.3, -0.25) is 20.0 Å². The number of alkyl carbamates (subject to hydrolysis) is 1. The smallest absolute Gasteiger partial charge is 0.407 e. The molecule has 1 fully saturated rings. The van der Waals surface area contributed by atoms with E-state index >= 15 is 0 Å². The number of nitrogens with one attached hydrogen (secondary N) is 3. The third-order valence-corrected chi connectivity index (χ3v) is 11.4. The zero-order valence-corrected chi connectivity index (χ0v) is 35.9. The van der Waals surface area contributed by atoms with E-state index in [1.165, 1.54) is 18.4 Å². The van der Waals surface area contributed by atoms with E-state index in [4.69, 9.17) is 4.74 Å². The Balaban J connectivity index is 1.41. The molecule has 0 radical (unpaired) electrons. The summed E-state index contributed by atoms with van der Waals surface area (Å²) in [5, 5.41) is 22.4. The molecule has 1 aliphatic rings. The van der Waals surface area contributed by atoms with Crippen LogP contribution in [-0.4, -0.2) is 105 Å². The van der Waals surface area contributed by atoms with Crippen molar-refractivity contribution in [2.75, 3.05) is 26.7 Å². The van der Waals surface area contributed by atoms with Gasteiger partial charge in [0.25, 0.3) is 5.91 Å². The number of carbonyl (C=O) groups excluding carboxylic acids is 4. The number of hydrogen-bond donors (Lipinski definition) is 4. The number of rotatable bonds is 18. The predicted octanol–water partition coefficient (Wildman–Crippen LogP) is 5.56. The number of aromatic nitrogens is 2. The molecule has 1 saturated heterocycles. The molecule has 59 heavy (non-hydrogen) atoms. The second-order valence-electron chi connectivity index (χ2n) is 16.2. The molecule has 316 valence electrons. The highest BCUT2D eigenvalue weighted by molar-refractivity contribution is 7.09. The number of urea groups is 1. The number of pyridine rings is 1. The van der Waals surface area contributed by atoms with Gasteiger partial charge >= 0.3 is 12.1 Å². The largest absolute Gasteiger partial charge is 0.453 e. The number of ether oxygens (including phenoxy) is 1. The van der Waals surface area contributed by atoms with Crippen molar-refractivity contribution < 1.29 is 29.0 Å². The van der Waals surface area contributed by atoms with Gasteiger partial charge in [0, 0.05) is 43.3 Å². The maximum absolute atomic E-state index is 14.5. The van der Waals surface area contributed by atoms with Crippen LogP contribution in [-0.2, 0) is 33.8 Å². The van der Waals surface area contributed by atoms with Gasteiger partial charge < -0.3 is 30.3 Å². The second kappa shape index (κ2) is 20.5. The van der Waals surface area contributed by atoms with E-state index in [0.29, 0.717) is 26.1 Å². The number of aliphatic hydroxyl groups excluding tert-OH is 1. The lowest BCUT2D eigenvalue weighted by Crippen LogP contribution is -2.60. The van der Waals surface area contributed by atoms with E-state index in [1.54, 1.807) is 21.0 Å². The fourth-order valence-corrected chi connectivity index (χ4v) is 7.75. The van der Waals surface area contributed by atoms with Gasteiger partial charge in [0.1, 0.15) is 12.1 Å². The van der Waals surface area contributed by atoms with Crippen molar-refractivity contribution >= 4 is 35.3 Å². The summed E-state index contributed by atoms with van der Waals surface area (Å²) in [5.74, 6) is -1.06. The average molecular weight is 827 g/mol. The number of hydrazine groups is 1. The van der Waals surface area contributed by atoms with Gasteiger partial charge in [0.05, 0.1) is 42.2 Å². The summed E-state index contributed by atoms with van der Waals surface area (Å²) in [6, 6.07) is 20.1. The second-order valence-corrected chi connectivity index (χ2v) is 17.2. The van der Waals surface area contributed by atoms with Crippen molar-refractivity contribution in [3.63, 3.8) is 0 Å². The summed E-state index contributed by atoms with van der Waals surface area (Å²) in [7, 11) is 1.23. The van der Waals surface area contributed by atoms with Crippen LogP contribution >= 0.6 is 11.3 Å². The van der Waals surface area contributed by atoms with Gasteiger partial charge in [0.15, 0.2) is 0 Å². The molecule has 4 N–H and O–H groups in total. The number of aliphatic hydroxyl groups is 1. The number of aryl methyl sites for hydroxylation is 1. The number of carbonyl (C=O) groups is 4. The van der Waals surface area contributed by atoms with Gasteiger partial charge in [-0.15, -0.1) is 11.3 Å². The molecule has 0 bridgehead atoms. The summed E-state index contributed by atoms with van der Waals surface area (Å²) in [6.07, 6.45) is 0.696. The minimum absolute atomic E-state index is 0.0991. The molecule has 5 rings (SSSR count). The first-order valence-electron chi connectivity index (χ1n) is 20.1. The topological polar surface area (TPSA) is 169 Å². The summed E-state index contributed by atoms with van der Waals surface area (Å²) in [6.45, 7) is 12.6. The Morgan fingerprint density at radius 1 is 0.966 bits per heavy atom.